The fourth-order valence-electron chi connectivity index (χ4n) is 1.61. The number of ether oxygens (including phenoxy) is 1. The lowest BCUT2D eigenvalue weighted by atomic mass is 10.3. The van der Waals surface area contributed by atoms with Crippen LogP contribution < -0.4 is 14.8 Å². The fourth-order valence-corrected chi connectivity index (χ4v) is 2.74. The van der Waals surface area contributed by atoms with Crippen LogP contribution in [-0.4, -0.2) is 40.6 Å². The molecule has 1 rings (SSSR count). The van der Waals surface area contributed by atoms with Gasteiger partial charge in [0, 0.05) is 12.6 Å². The summed E-state index contributed by atoms with van der Waals surface area (Å²) in [7, 11) is -3.62. The molecule has 0 heterocycles. The first-order valence-corrected chi connectivity index (χ1v) is 8.07. The smallest absolute Gasteiger partial charge is 0.272 e. The second kappa shape index (κ2) is 9.94. The SMILES string of the molecule is CCN[C@H](C)CNS(=O)(=O)c1ccc(OCC(F)F)cc1.Cl. The molecule has 0 aliphatic rings. The minimum atomic E-state index is -3.62. The Morgan fingerprint density at radius 2 is 1.82 bits per heavy atom. The van der Waals surface area contributed by atoms with Gasteiger partial charge in [0.2, 0.25) is 10.0 Å². The van der Waals surface area contributed by atoms with Crippen molar-refractivity contribution >= 4 is 22.4 Å². The Hall–Kier alpha value is -0.960. The maximum atomic E-state index is 12.0. The van der Waals surface area contributed by atoms with Crippen LogP contribution in [0.15, 0.2) is 29.2 Å². The van der Waals surface area contributed by atoms with E-state index < -0.39 is 23.1 Å². The minimum absolute atomic E-state index is 0. The summed E-state index contributed by atoms with van der Waals surface area (Å²) in [4.78, 5) is 0.0654. The van der Waals surface area contributed by atoms with Crippen LogP contribution in [0.25, 0.3) is 0 Å². The molecule has 0 amide bonds. The molecule has 1 atom stereocenters. The van der Waals surface area contributed by atoms with Crippen molar-refractivity contribution in [1.82, 2.24) is 10.0 Å². The largest absolute Gasteiger partial charge is 0.488 e. The molecule has 5 nitrogen and oxygen atoms in total. The number of hydrogen-bond donors (Lipinski definition) is 2. The highest BCUT2D eigenvalue weighted by atomic mass is 35.5. The molecular formula is C13H21ClF2N2O3S. The lowest BCUT2D eigenvalue weighted by molar-refractivity contribution is 0.0819. The first-order chi connectivity index (χ1) is 9.85. The van der Waals surface area contributed by atoms with Crippen molar-refractivity contribution in [2.75, 3.05) is 19.7 Å². The van der Waals surface area contributed by atoms with Crippen LogP contribution in [0.2, 0.25) is 0 Å². The van der Waals surface area contributed by atoms with Gasteiger partial charge in [-0.15, -0.1) is 12.4 Å². The lowest BCUT2D eigenvalue weighted by Crippen LogP contribution is -2.38. The van der Waals surface area contributed by atoms with Crippen LogP contribution in [0, 0.1) is 0 Å². The number of benzene rings is 1. The number of nitrogens with one attached hydrogen (secondary N) is 2. The van der Waals surface area contributed by atoms with Gasteiger partial charge in [0.15, 0.2) is 0 Å². The number of alkyl halides is 2. The van der Waals surface area contributed by atoms with Crippen molar-refractivity contribution in [2.45, 2.75) is 31.2 Å². The number of likely N-dealkylation sites (N-methyl/N-ethyl adjacent to an activating group) is 1. The molecule has 0 radical (unpaired) electrons. The molecule has 0 unspecified atom stereocenters. The van der Waals surface area contributed by atoms with Gasteiger partial charge in [0.1, 0.15) is 12.4 Å². The summed E-state index contributed by atoms with van der Waals surface area (Å²) in [6, 6.07) is 5.36. The maximum absolute atomic E-state index is 12.0. The predicted octanol–water partition coefficient (Wildman–Crippen LogP) is 2.03. The van der Waals surface area contributed by atoms with Gasteiger partial charge in [0.25, 0.3) is 6.43 Å². The molecule has 22 heavy (non-hydrogen) atoms. The number of hydrogen-bond acceptors (Lipinski definition) is 4. The summed E-state index contributed by atoms with van der Waals surface area (Å²) in [5.74, 6) is 0.204. The molecular weight excluding hydrogens is 338 g/mol. The molecule has 1 aromatic carbocycles. The van der Waals surface area contributed by atoms with E-state index in [1.54, 1.807) is 0 Å². The van der Waals surface area contributed by atoms with Crippen LogP contribution in [0.3, 0.4) is 0 Å². The molecule has 1 aromatic rings. The van der Waals surface area contributed by atoms with E-state index in [1.165, 1.54) is 24.3 Å². The van der Waals surface area contributed by atoms with Crippen LogP contribution in [0.4, 0.5) is 8.78 Å². The van der Waals surface area contributed by atoms with E-state index >= 15 is 0 Å². The highest BCUT2D eigenvalue weighted by molar-refractivity contribution is 7.89. The van der Waals surface area contributed by atoms with Gasteiger partial charge in [-0.3, -0.25) is 0 Å². The highest BCUT2D eigenvalue weighted by Crippen LogP contribution is 2.16. The van der Waals surface area contributed by atoms with E-state index in [4.69, 9.17) is 4.74 Å². The molecule has 9 heteroatoms. The lowest BCUT2D eigenvalue weighted by Gasteiger charge is -2.13. The number of halogens is 3. The summed E-state index contributed by atoms with van der Waals surface area (Å²) in [6.45, 7) is 4.10. The van der Waals surface area contributed by atoms with Gasteiger partial charge >= 0.3 is 0 Å². The van der Waals surface area contributed by atoms with Crippen molar-refractivity contribution < 1.29 is 21.9 Å². The Morgan fingerprint density at radius 1 is 1.23 bits per heavy atom. The van der Waals surface area contributed by atoms with Crippen molar-refractivity contribution in [3.05, 3.63) is 24.3 Å². The standard InChI is InChI=1S/C13H20F2N2O3S.ClH/c1-3-16-10(2)8-17-21(18,19)12-6-4-11(5-7-12)20-9-13(14)15;/h4-7,10,13,16-17H,3,8-9H2,1-2H3;1H/t10-;/m1./s1. The second-order valence-electron chi connectivity index (χ2n) is 4.48. The number of sulfonamides is 1. The van der Waals surface area contributed by atoms with E-state index in [9.17, 15) is 17.2 Å². The monoisotopic (exact) mass is 358 g/mol. The summed E-state index contributed by atoms with van der Waals surface area (Å²) in [6.07, 6.45) is -2.57. The molecule has 0 aliphatic carbocycles. The van der Waals surface area contributed by atoms with E-state index in [2.05, 4.69) is 10.0 Å². The molecule has 0 saturated carbocycles. The number of rotatable bonds is 9. The maximum Gasteiger partial charge on any atom is 0.272 e. The molecule has 0 aromatic heterocycles. The highest BCUT2D eigenvalue weighted by Gasteiger charge is 2.15. The molecule has 0 bridgehead atoms. The van der Waals surface area contributed by atoms with Crippen molar-refractivity contribution in [3.63, 3.8) is 0 Å². The fraction of sp³-hybridized carbons (Fsp3) is 0.538. The van der Waals surface area contributed by atoms with E-state index in [1.807, 2.05) is 13.8 Å². The Bertz CT molecular complexity index is 527. The summed E-state index contributed by atoms with van der Waals surface area (Å²) >= 11 is 0. The Labute approximate surface area is 135 Å². The van der Waals surface area contributed by atoms with Crippen molar-refractivity contribution in [2.24, 2.45) is 0 Å². The van der Waals surface area contributed by atoms with E-state index in [-0.39, 0.29) is 35.6 Å². The zero-order chi connectivity index (χ0) is 15.9. The predicted molar refractivity (Wildman–Crippen MR) is 83.5 cm³/mol. The van der Waals surface area contributed by atoms with Crippen LogP contribution in [0.1, 0.15) is 13.8 Å². The molecule has 0 saturated heterocycles. The van der Waals surface area contributed by atoms with E-state index in [0.717, 1.165) is 6.54 Å². The summed E-state index contributed by atoms with van der Waals surface area (Å²) in [5.41, 5.74) is 0. The third-order valence-corrected chi connectivity index (χ3v) is 4.08. The van der Waals surface area contributed by atoms with Crippen molar-refractivity contribution in [3.8, 4) is 5.75 Å². The van der Waals surface area contributed by atoms with Crippen molar-refractivity contribution in [1.29, 1.82) is 0 Å². The average Bonchev–Trinajstić information content (AvgIpc) is 2.44. The quantitative estimate of drug-likeness (QED) is 0.708. The zero-order valence-corrected chi connectivity index (χ0v) is 14.0. The van der Waals surface area contributed by atoms with Crippen LogP contribution in [-0.2, 0) is 10.0 Å². The zero-order valence-electron chi connectivity index (χ0n) is 12.4. The second-order valence-corrected chi connectivity index (χ2v) is 6.25. The molecule has 0 fully saturated rings. The Kier molecular flexibility index (Phi) is 9.50. The van der Waals surface area contributed by atoms with Gasteiger partial charge in [0.05, 0.1) is 4.90 Å². The van der Waals surface area contributed by atoms with Gasteiger partial charge in [-0.05, 0) is 37.7 Å². The summed E-state index contributed by atoms with van der Waals surface area (Å²) < 4.78 is 55.3. The molecule has 0 spiro atoms. The van der Waals surface area contributed by atoms with E-state index in [0.29, 0.717) is 0 Å². The first-order valence-electron chi connectivity index (χ1n) is 6.59. The van der Waals surface area contributed by atoms with Crippen LogP contribution >= 0.6 is 12.4 Å². The van der Waals surface area contributed by atoms with Crippen LogP contribution in [0.5, 0.6) is 5.75 Å². The Morgan fingerprint density at radius 3 is 2.32 bits per heavy atom. The minimum Gasteiger partial charge on any atom is -0.488 e. The van der Waals surface area contributed by atoms with Gasteiger partial charge < -0.3 is 10.1 Å². The van der Waals surface area contributed by atoms with Gasteiger partial charge in [-0.2, -0.15) is 0 Å². The van der Waals surface area contributed by atoms with Gasteiger partial charge in [-0.1, -0.05) is 6.92 Å². The molecule has 0 aliphatic heterocycles. The first kappa shape index (κ1) is 21.0. The third kappa shape index (κ3) is 7.35. The molecule has 2 N–H and O–H groups in total. The van der Waals surface area contributed by atoms with Gasteiger partial charge in [-0.25, -0.2) is 21.9 Å². The average molecular weight is 359 g/mol. The topological polar surface area (TPSA) is 67.4 Å². The Balaban J connectivity index is 0.00000441. The normalized spacial score (nSPS) is 12.8. The molecule has 128 valence electrons. The third-order valence-electron chi connectivity index (χ3n) is 2.64. The summed E-state index contributed by atoms with van der Waals surface area (Å²) in [5, 5.41) is 3.09.